The number of carbonyl (C=O) groups is 3. The Bertz CT molecular complexity index is 785. The van der Waals surface area contributed by atoms with Gasteiger partial charge in [0.05, 0.1) is 16.3 Å². The van der Waals surface area contributed by atoms with Crippen LogP contribution in [-0.4, -0.2) is 28.1 Å². The third-order valence-corrected chi connectivity index (χ3v) is 4.44. The zero-order chi connectivity index (χ0) is 19.5. The number of carbonyl (C=O) groups excluding carboxylic acids is 3. The second kappa shape index (κ2) is 7.96. The van der Waals surface area contributed by atoms with E-state index in [-0.39, 0.29) is 22.3 Å². The number of halogens is 4. The average molecular weight is 409 g/mol. The molecule has 1 aromatic rings. The van der Waals surface area contributed by atoms with Gasteiger partial charge in [-0.2, -0.15) is 13.2 Å². The highest BCUT2D eigenvalue weighted by atomic mass is 35.5. The molecule has 7 nitrogen and oxygen atoms in total. The van der Waals surface area contributed by atoms with Crippen molar-refractivity contribution < 1.29 is 27.6 Å². The molecule has 3 N–H and O–H groups in total. The van der Waals surface area contributed by atoms with Crippen molar-refractivity contribution in [3.63, 3.8) is 0 Å². The van der Waals surface area contributed by atoms with Crippen LogP contribution < -0.4 is 16.1 Å². The molecule has 140 valence electrons. The molecular weight excluding hydrogens is 397 g/mol. The van der Waals surface area contributed by atoms with E-state index in [2.05, 4.69) is 21.2 Å². The number of thioether (sulfide) groups is 1. The van der Waals surface area contributed by atoms with Crippen LogP contribution in [0.25, 0.3) is 0 Å². The summed E-state index contributed by atoms with van der Waals surface area (Å²) in [4.78, 5) is 34.6. The Balaban J connectivity index is 2.02. The highest BCUT2D eigenvalue weighted by molar-refractivity contribution is 8.15. The number of amidine groups is 1. The number of alkyl halides is 3. The smallest absolute Gasteiger partial charge is 0.325 e. The van der Waals surface area contributed by atoms with E-state index in [0.29, 0.717) is 6.07 Å². The van der Waals surface area contributed by atoms with E-state index in [4.69, 9.17) is 11.6 Å². The fourth-order valence-corrected chi connectivity index (χ4v) is 2.98. The molecule has 0 aliphatic carbocycles. The SMILES string of the molecule is CC(=O)N/N=C1\NC(=O)[C@H](CC(=O)Nc2cc(C(F)(F)F)ccc2Cl)S1. The number of amides is 3. The lowest BCUT2D eigenvalue weighted by molar-refractivity contribution is -0.137. The van der Waals surface area contributed by atoms with Crippen molar-refractivity contribution >= 4 is 51.9 Å². The first-order valence-corrected chi connectivity index (χ1v) is 8.30. The molecule has 1 aromatic carbocycles. The Kier molecular flexibility index (Phi) is 6.13. The fourth-order valence-electron chi connectivity index (χ4n) is 1.89. The first-order chi connectivity index (χ1) is 12.1. The summed E-state index contributed by atoms with van der Waals surface area (Å²) < 4.78 is 38.2. The molecule has 0 aromatic heterocycles. The van der Waals surface area contributed by atoms with E-state index in [1.54, 1.807) is 0 Å². The van der Waals surface area contributed by atoms with E-state index in [1.807, 2.05) is 0 Å². The number of nitrogens with zero attached hydrogens (tertiary/aromatic N) is 1. The summed E-state index contributed by atoms with van der Waals surface area (Å²) in [5.74, 6) is -1.64. The minimum Gasteiger partial charge on any atom is -0.325 e. The van der Waals surface area contributed by atoms with E-state index < -0.39 is 34.7 Å². The summed E-state index contributed by atoms with van der Waals surface area (Å²) in [5.41, 5.74) is 0.969. The normalized spacial score (nSPS) is 18.6. The van der Waals surface area contributed by atoms with E-state index >= 15 is 0 Å². The van der Waals surface area contributed by atoms with E-state index in [9.17, 15) is 27.6 Å². The van der Waals surface area contributed by atoms with Gasteiger partial charge in [-0.15, -0.1) is 5.10 Å². The molecule has 0 radical (unpaired) electrons. The monoisotopic (exact) mass is 408 g/mol. The van der Waals surface area contributed by atoms with Crippen molar-refractivity contribution in [2.75, 3.05) is 5.32 Å². The van der Waals surface area contributed by atoms with Gasteiger partial charge in [-0.05, 0) is 18.2 Å². The number of hydrazone groups is 1. The third-order valence-electron chi connectivity index (χ3n) is 3.03. The summed E-state index contributed by atoms with van der Waals surface area (Å²) >= 11 is 6.72. The van der Waals surface area contributed by atoms with Gasteiger partial charge in [0, 0.05) is 13.3 Å². The summed E-state index contributed by atoms with van der Waals surface area (Å²) in [6.07, 6.45) is -4.90. The zero-order valence-corrected chi connectivity index (χ0v) is 14.7. The van der Waals surface area contributed by atoms with Gasteiger partial charge in [0.1, 0.15) is 5.25 Å². The highest BCUT2D eigenvalue weighted by Crippen LogP contribution is 2.34. The van der Waals surface area contributed by atoms with Crippen molar-refractivity contribution in [2.24, 2.45) is 5.10 Å². The largest absolute Gasteiger partial charge is 0.416 e. The molecule has 1 heterocycles. The predicted molar refractivity (Wildman–Crippen MR) is 90.5 cm³/mol. The first kappa shape index (κ1) is 20.0. The quantitative estimate of drug-likeness (QED) is 0.666. The lowest BCUT2D eigenvalue weighted by Gasteiger charge is -2.12. The van der Waals surface area contributed by atoms with Crippen molar-refractivity contribution in [3.05, 3.63) is 28.8 Å². The van der Waals surface area contributed by atoms with Crippen molar-refractivity contribution in [1.82, 2.24) is 10.7 Å². The van der Waals surface area contributed by atoms with Gasteiger partial charge in [0.2, 0.25) is 17.7 Å². The van der Waals surface area contributed by atoms with Crippen molar-refractivity contribution in [2.45, 2.75) is 24.8 Å². The number of hydrogen-bond acceptors (Lipinski definition) is 5. The molecule has 1 atom stereocenters. The molecule has 2 rings (SSSR count). The van der Waals surface area contributed by atoms with Crippen molar-refractivity contribution in [1.29, 1.82) is 0 Å². The van der Waals surface area contributed by atoms with Gasteiger partial charge in [-0.3, -0.25) is 14.4 Å². The highest BCUT2D eigenvalue weighted by Gasteiger charge is 2.33. The van der Waals surface area contributed by atoms with Gasteiger partial charge in [-0.25, -0.2) is 5.43 Å². The topological polar surface area (TPSA) is 99.7 Å². The molecule has 1 fully saturated rings. The van der Waals surface area contributed by atoms with Crippen LogP contribution in [0.2, 0.25) is 5.02 Å². The summed E-state index contributed by atoms with van der Waals surface area (Å²) in [6.45, 7) is 1.23. The van der Waals surface area contributed by atoms with Crippen LogP contribution in [-0.2, 0) is 20.6 Å². The molecule has 3 amide bonds. The zero-order valence-electron chi connectivity index (χ0n) is 13.1. The van der Waals surface area contributed by atoms with Crippen LogP contribution >= 0.6 is 23.4 Å². The number of nitrogens with one attached hydrogen (secondary N) is 3. The fraction of sp³-hybridized carbons (Fsp3) is 0.286. The summed E-state index contributed by atoms with van der Waals surface area (Å²) in [6, 6.07) is 2.53. The first-order valence-electron chi connectivity index (χ1n) is 7.04. The minimum atomic E-state index is -4.58. The second-order valence-electron chi connectivity index (χ2n) is 5.13. The molecule has 12 heteroatoms. The predicted octanol–water partition coefficient (Wildman–Crippen LogP) is 2.33. The maximum absolute atomic E-state index is 12.7. The minimum absolute atomic E-state index is 0.0669. The van der Waals surface area contributed by atoms with Crippen LogP contribution in [0.4, 0.5) is 18.9 Å². The Labute approximate surface area is 154 Å². The van der Waals surface area contributed by atoms with Gasteiger partial charge in [0.15, 0.2) is 5.17 Å². The molecule has 0 unspecified atom stereocenters. The second-order valence-corrected chi connectivity index (χ2v) is 6.72. The van der Waals surface area contributed by atoms with Crippen LogP contribution in [0.5, 0.6) is 0 Å². The summed E-state index contributed by atoms with van der Waals surface area (Å²) in [5, 5.41) is 7.48. The van der Waals surface area contributed by atoms with Gasteiger partial charge < -0.3 is 10.6 Å². The molecular formula is C14H12ClF3N4O3S. The number of rotatable bonds is 4. The lowest BCUT2D eigenvalue weighted by atomic mass is 10.2. The van der Waals surface area contributed by atoms with Gasteiger partial charge in [0.25, 0.3) is 0 Å². The van der Waals surface area contributed by atoms with E-state index in [1.165, 1.54) is 6.92 Å². The molecule has 26 heavy (non-hydrogen) atoms. The van der Waals surface area contributed by atoms with Crippen LogP contribution in [0, 0.1) is 0 Å². The number of benzene rings is 1. The molecule has 1 aliphatic heterocycles. The van der Waals surface area contributed by atoms with Crippen LogP contribution in [0.3, 0.4) is 0 Å². The number of anilines is 1. The standard InChI is InChI=1S/C14H12ClF3N4O3S/c1-6(23)21-22-13-20-12(25)10(26-13)5-11(24)19-9-4-7(14(16,17)18)2-3-8(9)15/h2-4,10H,5H2,1H3,(H,19,24)(H,21,23)(H,20,22,25)/t10-/m0/s1. The Morgan fingerprint density at radius 1 is 1.38 bits per heavy atom. The van der Waals surface area contributed by atoms with Gasteiger partial charge in [-0.1, -0.05) is 23.4 Å². The van der Waals surface area contributed by atoms with Crippen LogP contribution in [0.1, 0.15) is 18.9 Å². The van der Waals surface area contributed by atoms with Crippen LogP contribution in [0.15, 0.2) is 23.3 Å². The molecule has 1 aliphatic rings. The summed E-state index contributed by atoms with van der Waals surface area (Å²) in [7, 11) is 0. The molecule has 0 bridgehead atoms. The Morgan fingerprint density at radius 3 is 2.69 bits per heavy atom. The number of hydrogen-bond donors (Lipinski definition) is 3. The lowest BCUT2D eigenvalue weighted by Crippen LogP contribution is -2.29. The Morgan fingerprint density at radius 2 is 2.08 bits per heavy atom. The Hall–Kier alpha value is -2.27. The van der Waals surface area contributed by atoms with Gasteiger partial charge >= 0.3 is 6.18 Å². The molecule has 0 saturated carbocycles. The van der Waals surface area contributed by atoms with E-state index in [0.717, 1.165) is 23.9 Å². The maximum atomic E-state index is 12.7. The average Bonchev–Trinajstić information content (AvgIpc) is 2.86. The third kappa shape index (κ3) is 5.36. The molecule has 0 spiro atoms. The van der Waals surface area contributed by atoms with Crippen molar-refractivity contribution in [3.8, 4) is 0 Å². The molecule has 1 saturated heterocycles. The maximum Gasteiger partial charge on any atom is 0.416 e.